The van der Waals surface area contributed by atoms with Gasteiger partial charge in [0.2, 0.25) is 0 Å². The summed E-state index contributed by atoms with van der Waals surface area (Å²) in [5.41, 5.74) is 4.36. The first-order chi connectivity index (χ1) is 19.1. The molecule has 1 aromatic heterocycles. The van der Waals surface area contributed by atoms with Crippen LogP contribution < -0.4 is 4.74 Å². The van der Waals surface area contributed by atoms with Crippen molar-refractivity contribution in [2.45, 2.75) is 32.1 Å². The maximum absolute atomic E-state index is 13.5. The number of esters is 1. The Morgan fingerprint density at radius 1 is 0.872 bits per heavy atom. The molecule has 4 rings (SSSR count). The van der Waals surface area contributed by atoms with Crippen molar-refractivity contribution in [3.8, 4) is 5.75 Å². The second-order valence-electron chi connectivity index (χ2n) is 9.31. The highest BCUT2D eigenvalue weighted by Crippen LogP contribution is 2.28. The Bertz CT molecular complexity index is 1250. The van der Waals surface area contributed by atoms with Crippen LogP contribution in [0.25, 0.3) is 0 Å². The van der Waals surface area contributed by atoms with Gasteiger partial charge in [-0.15, -0.1) is 0 Å². The average molecular weight is 542 g/mol. The lowest BCUT2D eigenvalue weighted by Crippen LogP contribution is -2.33. The third-order valence-corrected chi connectivity index (χ3v) is 7.28. The number of aryl methyl sites for hydroxylation is 1. The summed E-state index contributed by atoms with van der Waals surface area (Å²) in [6, 6.07) is 30.7. The van der Waals surface area contributed by atoms with Gasteiger partial charge in [0, 0.05) is 24.4 Å². The molecule has 202 valence electrons. The van der Waals surface area contributed by atoms with Crippen LogP contribution in [0, 0.1) is 0 Å². The molecule has 39 heavy (non-hydrogen) atoms. The molecule has 0 atom stereocenters. The first kappa shape index (κ1) is 28.1. The SMILES string of the molecule is CCOC(=O)COc1cccc(CCCN(CCC(c2ccccc2)c2ccccc2)C(=O)c2ccsc2)c1. The maximum Gasteiger partial charge on any atom is 0.344 e. The number of thiophene rings is 1. The van der Waals surface area contributed by atoms with Crippen LogP contribution in [0.3, 0.4) is 0 Å². The van der Waals surface area contributed by atoms with Crippen LogP contribution in [0.4, 0.5) is 0 Å². The minimum Gasteiger partial charge on any atom is -0.482 e. The van der Waals surface area contributed by atoms with Gasteiger partial charge in [-0.1, -0.05) is 72.8 Å². The molecular formula is C33H35NO4S. The van der Waals surface area contributed by atoms with E-state index in [9.17, 15) is 9.59 Å². The number of nitrogens with zero attached hydrogens (tertiary/aromatic N) is 1. The normalized spacial score (nSPS) is 10.8. The average Bonchev–Trinajstić information content (AvgIpc) is 3.52. The van der Waals surface area contributed by atoms with Gasteiger partial charge in [0.15, 0.2) is 6.61 Å². The molecule has 0 bridgehead atoms. The van der Waals surface area contributed by atoms with Crippen molar-refractivity contribution in [1.82, 2.24) is 4.90 Å². The zero-order chi connectivity index (χ0) is 27.3. The topological polar surface area (TPSA) is 55.8 Å². The molecule has 0 aliphatic carbocycles. The third-order valence-electron chi connectivity index (χ3n) is 6.60. The lowest BCUT2D eigenvalue weighted by Gasteiger charge is -2.26. The van der Waals surface area contributed by atoms with E-state index in [4.69, 9.17) is 9.47 Å². The fourth-order valence-electron chi connectivity index (χ4n) is 4.67. The first-order valence-electron chi connectivity index (χ1n) is 13.4. The van der Waals surface area contributed by atoms with Gasteiger partial charge in [-0.3, -0.25) is 4.79 Å². The number of ether oxygens (including phenoxy) is 2. The van der Waals surface area contributed by atoms with Crippen LogP contribution in [0.5, 0.6) is 5.75 Å². The van der Waals surface area contributed by atoms with Gasteiger partial charge in [-0.05, 0) is 66.5 Å². The molecule has 1 heterocycles. The van der Waals surface area contributed by atoms with Crippen LogP contribution in [-0.2, 0) is 16.0 Å². The van der Waals surface area contributed by atoms with Crippen LogP contribution >= 0.6 is 11.3 Å². The van der Waals surface area contributed by atoms with Crippen molar-refractivity contribution in [2.24, 2.45) is 0 Å². The summed E-state index contributed by atoms with van der Waals surface area (Å²) in [6.07, 6.45) is 2.45. The molecule has 0 saturated heterocycles. The van der Waals surface area contributed by atoms with E-state index in [1.165, 1.54) is 11.1 Å². The lowest BCUT2D eigenvalue weighted by molar-refractivity contribution is -0.145. The van der Waals surface area contributed by atoms with Gasteiger partial charge >= 0.3 is 5.97 Å². The Kier molecular flexibility index (Phi) is 10.7. The molecule has 0 fully saturated rings. The summed E-state index contributed by atoms with van der Waals surface area (Å²) in [5.74, 6) is 0.538. The minimum atomic E-state index is -0.380. The Morgan fingerprint density at radius 2 is 1.59 bits per heavy atom. The summed E-state index contributed by atoms with van der Waals surface area (Å²) in [6.45, 7) is 3.31. The smallest absolute Gasteiger partial charge is 0.344 e. The van der Waals surface area contributed by atoms with E-state index in [1.54, 1.807) is 18.3 Å². The quantitative estimate of drug-likeness (QED) is 0.162. The molecule has 0 spiro atoms. The maximum atomic E-state index is 13.5. The van der Waals surface area contributed by atoms with Crippen LogP contribution in [0.15, 0.2) is 102 Å². The summed E-state index contributed by atoms with van der Waals surface area (Å²) >= 11 is 1.54. The van der Waals surface area contributed by atoms with E-state index in [-0.39, 0.29) is 24.4 Å². The van der Waals surface area contributed by atoms with Gasteiger partial charge in [0.05, 0.1) is 12.2 Å². The monoisotopic (exact) mass is 541 g/mol. The standard InChI is InChI=1S/C33H35NO4S/c1-2-37-32(35)24-38-30-17-9-11-26(23-30)12-10-20-34(33(36)29-19-22-39-25-29)21-18-31(27-13-5-3-6-14-27)28-15-7-4-8-16-28/h3-9,11,13-17,19,22-23,25,31H,2,10,12,18,20-21,24H2,1H3. The molecule has 0 unspecified atom stereocenters. The molecule has 4 aromatic rings. The Hall–Kier alpha value is -3.90. The van der Waals surface area contributed by atoms with E-state index < -0.39 is 0 Å². The highest BCUT2D eigenvalue weighted by atomic mass is 32.1. The summed E-state index contributed by atoms with van der Waals surface area (Å²) in [5, 5.41) is 3.87. The van der Waals surface area contributed by atoms with Crippen molar-refractivity contribution in [2.75, 3.05) is 26.3 Å². The van der Waals surface area contributed by atoms with Gasteiger partial charge in [-0.25, -0.2) is 4.79 Å². The zero-order valence-corrected chi connectivity index (χ0v) is 23.1. The Morgan fingerprint density at radius 3 is 2.23 bits per heavy atom. The number of amides is 1. The molecule has 0 aliphatic heterocycles. The van der Waals surface area contributed by atoms with E-state index in [0.29, 0.717) is 25.4 Å². The molecule has 3 aromatic carbocycles. The fraction of sp³-hybridized carbons (Fsp3) is 0.273. The molecular weight excluding hydrogens is 506 g/mol. The molecule has 1 amide bonds. The first-order valence-corrected chi connectivity index (χ1v) is 14.4. The number of rotatable bonds is 14. The van der Waals surface area contributed by atoms with Gasteiger partial charge in [0.25, 0.3) is 5.91 Å². The van der Waals surface area contributed by atoms with Crippen LogP contribution in [-0.4, -0.2) is 43.1 Å². The van der Waals surface area contributed by atoms with E-state index >= 15 is 0 Å². The number of hydrogen-bond donors (Lipinski definition) is 0. The summed E-state index contributed by atoms with van der Waals surface area (Å²) in [7, 11) is 0. The molecule has 0 saturated carbocycles. The van der Waals surface area contributed by atoms with Crippen LogP contribution in [0.2, 0.25) is 0 Å². The number of benzene rings is 3. The van der Waals surface area contributed by atoms with Gasteiger partial charge in [0.1, 0.15) is 5.75 Å². The van der Waals surface area contributed by atoms with E-state index in [1.807, 2.05) is 58.1 Å². The van der Waals surface area contributed by atoms with Crippen molar-refractivity contribution in [1.29, 1.82) is 0 Å². The van der Waals surface area contributed by atoms with Gasteiger partial charge < -0.3 is 14.4 Å². The lowest BCUT2D eigenvalue weighted by atomic mass is 9.88. The summed E-state index contributed by atoms with van der Waals surface area (Å²) < 4.78 is 10.5. The predicted molar refractivity (Wildman–Crippen MR) is 156 cm³/mol. The second kappa shape index (κ2) is 14.9. The van der Waals surface area contributed by atoms with Gasteiger partial charge in [-0.2, -0.15) is 11.3 Å². The molecule has 0 aliphatic rings. The zero-order valence-electron chi connectivity index (χ0n) is 22.3. The molecule has 0 radical (unpaired) electrons. The second-order valence-corrected chi connectivity index (χ2v) is 10.1. The minimum absolute atomic E-state index is 0.0719. The highest BCUT2D eigenvalue weighted by molar-refractivity contribution is 7.08. The fourth-order valence-corrected chi connectivity index (χ4v) is 5.30. The van der Waals surface area contributed by atoms with E-state index in [0.717, 1.165) is 30.4 Å². The summed E-state index contributed by atoms with van der Waals surface area (Å²) in [4.78, 5) is 27.1. The third kappa shape index (κ3) is 8.55. The van der Waals surface area contributed by atoms with Crippen LogP contribution in [0.1, 0.15) is 52.7 Å². The number of carbonyl (C=O) groups is 2. The Labute approximate surface area is 235 Å². The Balaban J connectivity index is 1.42. The number of hydrogen-bond acceptors (Lipinski definition) is 5. The molecule has 5 nitrogen and oxygen atoms in total. The van der Waals surface area contributed by atoms with Crippen molar-refractivity contribution >= 4 is 23.2 Å². The number of carbonyl (C=O) groups excluding carboxylic acids is 2. The predicted octanol–water partition coefficient (Wildman–Crippen LogP) is 6.99. The largest absolute Gasteiger partial charge is 0.482 e. The van der Waals surface area contributed by atoms with Crippen molar-refractivity contribution in [3.63, 3.8) is 0 Å². The van der Waals surface area contributed by atoms with Crippen molar-refractivity contribution < 1.29 is 19.1 Å². The van der Waals surface area contributed by atoms with Crippen molar-refractivity contribution in [3.05, 3.63) is 124 Å². The molecule has 6 heteroatoms. The highest BCUT2D eigenvalue weighted by Gasteiger charge is 2.20. The molecule has 0 N–H and O–H groups in total. The van der Waals surface area contributed by atoms with E-state index in [2.05, 4.69) is 48.5 Å².